The molecule has 9 nitrogen and oxygen atoms in total. The van der Waals surface area contributed by atoms with Gasteiger partial charge in [-0.25, -0.2) is 0 Å². The minimum Gasteiger partial charge on any atom is -0.756 e. The number of ether oxygens (including phenoxy) is 1. The average Bonchev–Trinajstić information content (AvgIpc) is 3.69. The number of esters is 1. The number of nitrogens with zero attached hydrogens (tertiary/aromatic N) is 1. The molecular weight excluding hydrogens is 1100 g/mol. The van der Waals surface area contributed by atoms with E-state index in [1.807, 2.05) is 33.3 Å². The molecule has 0 aliphatic heterocycles. The van der Waals surface area contributed by atoms with Gasteiger partial charge in [0, 0.05) is 12.8 Å². The Kier molecular flexibility index (Phi) is 63.5. The fourth-order valence-corrected chi connectivity index (χ4v) is 11.1. The molecule has 0 aromatic heterocycles. The topological polar surface area (TPSA) is 114 Å². The number of carbonyl (C=O) groups excluding carboxylic acids is 2. The molecule has 0 aliphatic rings. The summed E-state index contributed by atoms with van der Waals surface area (Å²) in [7, 11) is 1.18. The lowest BCUT2D eigenvalue weighted by Crippen LogP contribution is -2.47. The van der Waals surface area contributed by atoms with Crippen LogP contribution in [-0.2, 0) is 27.9 Å². The quantitative estimate of drug-likeness (QED) is 0.0212. The van der Waals surface area contributed by atoms with Crippen LogP contribution in [0.25, 0.3) is 0 Å². The van der Waals surface area contributed by atoms with Gasteiger partial charge in [-0.3, -0.25) is 14.2 Å². The first kappa shape index (κ1) is 83.9. The van der Waals surface area contributed by atoms with Gasteiger partial charge in [-0.05, 0) is 109 Å². The van der Waals surface area contributed by atoms with E-state index in [1.54, 1.807) is 0 Å². The van der Waals surface area contributed by atoms with E-state index in [9.17, 15) is 19.0 Å². The van der Waals surface area contributed by atoms with Gasteiger partial charge in [0.2, 0.25) is 5.91 Å². The smallest absolute Gasteiger partial charge is 0.306 e. The van der Waals surface area contributed by atoms with Crippen molar-refractivity contribution in [3.63, 3.8) is 0 Å². The summed E-state index contributed by atoms with van der Waals surface area (Å²) in [5, 5.41) is 3.04. The van der Waals surface area contributed by atoms with Crippen LogP contribution >= 0.6 is 7.82 Å². The van der Waals surface area contributed by atoms with Crippen LogP contribution in [0.1, 0.15) is 329 Å². The first-order valence-electron chi connectivity index (χ1n) is 36.5. The minimum atomic E-state index is -4.71. The lowest BCUT2D eigenvalue weighted by molar-refractivity contribution is -0.870. The van der Waals surface area contributed by atoms with Crippen LogP contribution in [0.4, 0.5) is 0 Å². The number of phosphoric ester groups is 1. The maximum Gasteiger partial charge on any atom is 0.306 e. The number of allylic oxidation sites excluding steroid dienone is 15. The number of nitrogens with one attached hydrogen (secondary N) is 1. The third kappa shape index (κ3) is 67.2. The Bertz CT molecular complexity index is 1810. The molecule has 0 bridgehead atoms. The first-order chi connectivity index (χ1) is 42.4. The number of hydrogen-bond acceptors (Lipinski definition) is 7. The summed E-state index contributed by atoms with van der Waals surface area (Å²) in [6.07, 6.45) is 89.5. The van der Waals surface area contributed by atoms with Gasteiger partial charge in [0.1, 0.15) is 19.3 Å². The third-order valence-electron chi connectivity index (χ3n) is 16.0. The highest BCUT2D eigenvalue weighted by molar-refractivity contribution is 7.45. The fourth-order valence-electron chi connectivity index (χ4n) is 10.4. The van der Waals surface area contributed by atoms with E-state index in [2.05, 4.69) is 111 Å². The molecule has 0 aliphatic carbocycles. The molecule has 3 unspecified atom stereocenters. The molecule has 0 heterocycles. The van der Waals surface area contributed by atoms with Crippen molar-refractivity contribution in [3.05, 3.63) is 97.2 Å². The number of quaternary nitrogens is 1. The number of unbranched alkanes of at least 4 members (excludes halogenated alkanes) is 36. The maximum atomic E-state index is 13.6. The second-order valence-corrected chi connectivity index (χ2v) is 27.1. The summed E-state index contributed by atoms with van der Waals surface area (Å²) in [4.78, 5) is 40.3. The predicted molar refractivity (Wildman–Crippen MR) is 376 cm³/mol. The monoisotopic (exact) mass is 1240 g/mol. The van der Waals surface area contributed by atoms with E-state index in [0.29, 0.717) is 17.4 Å². The molecule has 0 saturated carbocycles. The zero-order valence-electron chi connectivity index (χ0n) is 57.7. The highest BCUT2D eigenvalue weighted by Gasteiger charge is 2.27. The zero-order valence-corrected chi connectivity index (χ0v) is 58.6. The number of likely N-dealkylation sites (N-methyl/N-ethyl adjacent to an activating group) is 1. The summed E-state index contributed by atoms with van der Waals surface area (Å²) < 4.78 is 30.5. The number of phosphoric acid groups is 1. The molecule has 3 atom stereocenters. The molecule has 1 N–H and O–H groups in total. The van der Waals surface area contributed by atoms with Crippen molar-refractivity contribution < 1.29 is 37.3 Å². The van der Waals surface area contributed by atoms with Gasteiger partial charge >= 0.3 is 5.97 Å². The molecular formula is C77H139N2O7P. The Hall–Kier alpha value is -3.07. The maximum absolute atomic E-state index is 13.6. The van der Waals surface area contributed by atoms with Crippen LogP contribution in [0.5, 0.6) is 0 Å². The zero-order chi connectivity index (χ0) is 63.5. The van der Waals surface area contributed by atoms with Crippen LogP contribution in [0.3, 0.4) is 0 Å². The summed E-state index contributed by atoms with van der Waals surface area (Å²) in [5.74, 6) is -0.545. The molecule has 1 amide bonds. The molecule has 0 aromatic rings. The third-order valence-corrected chi connectivity index (χ3v) is 17.0. The van der Waals surface area contributed by atoms with Crippen molar-refractivity contribution in [3.8, 4) is 0 Å². The second kappa shape index (κ2) is 65.9. The van der Waals surface area contributed by atoms with Crippen molar-refractivity contribution in [1.82, 2.24) is 5.32 Å². The Balaban J connectivity index is 5.10. The summed E-state index contributed by atoms with van der Waals surface area (Å²) in [6.45, 7) is 6.75. The van der Waals surface area contributed by atoms with Gasteiger partial charge in [-0.15, -0.1) is 0 Å². The van der Waals surface area contributed by atoms with Gasteiger partial charge in [0.15, 0.2) is 0 Å². The largest absolute Gasteiger partial charge is 0.756 e. The van der Waals surface area contributed by atoms with E-state index in [-0.39, 0.29) is 24.9 Å². The Morgan fingerprint density at radius 1 is 0.414 bits per heavy atom. The minimum absolute atomic E-state index is 0.0272. The van der Waals surface area contributed by atoms with Crippen LogP contribution in [0.15, 0.2) is 97.2 Å². The number of amides is 1. The molecule has 0 aromatic carbocycles. The van der Waals surface area contributed by atoms with Crippen molar-refractivity contribution in [2.75, 3.05) is 40.9 Å². The van der Waals surface area contributed by atoms with Gasteiger partial charge in [-0.1, -0.05) is 305 Å². The van der Waals surface area contributed by atoms with Crippen molar-refractivity contribution in [2.24, 2.45) is 0 Å². The normalized spacial score (nSPS) is 14.1. The molecule has 504 valence electrons. The van der Waals surface area contributed by atoms with Gasteiger partial charge in [0.05, 0.1) is 33.8 Å². The molecule has 0 fully saturated rings. The summed E-state index contributed by atoms with van der Waals surface area (Å²) >= 11 is 0. The predicted octanol–water partition coefficient (Wildman–Crippen LogP) is 22.8. The SMILES string of the molecule is CC/C=C\C/C=C\C/C=C\C/C=C\C/C=C\C/C=C\CCCCCCCCCCC(=O)NC(COP(=O)([O-])OCC[N+](C)(C)C)C(/C=C\CCCCCCCCCCCCC)OC(=O)CCCCCCCCCCCCC/C=C/CCCCCCCC. The Morgan fingerprint density at radius 3 is 1.11 bits per heavy atom. The first-order valence-corrected chi connectivity index (χ1v) is 38.0. The van der Waals surface area contributed by atoms with E-state index in [1.165, 1.54) is 186 Å². The van der Waals surface area contributed by atoms with Gasteiger partial charge < -0.3 is 28.5 Å². The van der Waals surface area contributed by atoms with Crippen LogP contribution in [0, 0.1) is 0 Å². The van der Waals surface area contributed by atoms with Gasteiger partial charge in [-0.2, -0.15) is 0 Å². The van der Waals surface area contributed by atoms with Crippen LogP contribution in [-0.4, -0.2) is 69.4 Å². The van der Waals surface area contributed by atoms with Crippen LogP contribution < -0.4 is 10.2 Å². The van der Waals surface area contributed by atoms with E-state index >= 15 is 0 Å². The number of rotatable bonds is 66. The fraction of sp³-hybridized carbons (Fsp3) is 0.766. The standard InChI is InChI=1S/C77H139N2O7P/c1-7-10-13-16-19-22-25-28-30-32-34-36-37-38-39-40-41-43-44-46-48-51-54-57-60-63-66-69-76(80)78-74(73-85-87(82,83)84-72-71-79(4,5)6)75(68-65-62-59-56-53-50-27-24-21-18-15-12-9-3)86-77(81)70-67-64-61-58-55-52-49-47-45-42-35-33-31-29-26-23-20-17-14-11-8-2/h10,13,19,22,28-31,34,36,38-39,41,43,65,68,74-75H,7-9,11-12,14-18,20-21,23-27,32-33,35,37,40,42,44-64,66-67,69-73H2,1-6H3,(H-,78,80,82,83)/b13-10-,22-19-,30-28-,31-29+,36-34-,39-38-,43-41-,68-65-. The second-order valence-electron chi connectivity index (χ2n) is 25.7. The highest BCUT2D eigenvalue weighted by atomic mass is 31.2. The van der Waals surface area contributed by atoms with E-state index in [0.717, 1.165) is 109 Å². The molecule has 0 spiro atoms. The van der Waals surface area contributed by atoms with Crippen LogP contribution in [0.2, 0.25) is 0 Å². The Morgan fingerprint density at radius 2 is 0.736 bits per heavy atom. The molecule has 10 heteroatoms. The lowest BCUT2D eigenvalue weighted by atomic mass is 10.0. The average molecular weight is 1240 g/mol. The van der Waals surface area contributed by atoms with E-state index in [4.69, 9.17) is 13.8 Å². The Labute approximate surface area is 538 Å². The van der Waals surface area contributed by atoms with Crippen molar-refractivity contribution in [1.29, 1.82) is 0 Å². The molecule has 0 radical (unpaired) electrons. The molecule has 87 heavy (non-hydrogen) atoms. The van der Waals surface area contributed by atoms with Crippen molar-refractivity contribution >= 4 is 19.7 Å². The lowest BCUT2D eigenvalue weighted by Gasteiger charge is -2.30. The van der Waals surface area contributed by atoms with E-state index < -0.39 is 26.6 Å². The molecule has 0 saturated heterocycles. The highest BCUT2D eigenvalue weighted by Crippen LogP contribution is 2.38. The number of hydrogen-bond donors (Lipinski definition) is 1. The van der Waals surface area contributed by atoms with Gasteiger partial charge in [0.25, 0.3) is 7.82 Å². The summed E-state index contributed by atoms with van der Waals surface area (Å²) in [5.41, 5.74) is 0. The summed E-state index contributed by atoms with van der Waals surface area (Å²) in [6, 6.07) is -0.899. The van der Waals surface area contributed by atoms with Crippen molar-refractivity contribution in [2.45, 2.75) is 341 Å². The molecule has 0 rings (SSSR count). The number of carbonyl (C=O) groups is 2.